The molecule has 28 heavy (non-hydrogen) atoms. The summed E-state index contributed by atoms with van der Waals surface area (Å²) in [6, 6.07) is 10.3. The summed E-state index contributed by atoms with van der Waals surface area (Å²) in [7, 11) is 1.72. The van der Waals surface area contributed by atoms with Crippen LogP contribution in [0.15, 0.2) is 36.5 Å². The quantitative estimate of drug-likeness (QED) is 0.827. The lowest BCUT2D eigenvalue weighted by atomic mass is 9.87. The number of benzene rings is 1. The number of likely N-dealkylation sites (tertiary alicyclic amines) is 1. The van der Waals surface area contributed by atoms with Crippen molar-refractivity contribution in [3.63, 3.8) is 0 Å². The highest BCUT2D eigenvalue weighted by atomic mass is 16.5. The van der Waals surface area contributed by atoms with Crippen molar-refractivity contribution < 1.29 is 9.53 Å². The molecule has 1 aliphatic heterocycles. The Labute approximate surface area is 168 Å². The SMILES string of the molecule is COc1cc(C)c(CN2CCC([C@H](NC(C)=O)c3ccccn3)CC2)cc1C. The highest BCUT2D eigenvalue weighted by molar-refractivity contribution is 5.73. The molecule has 1 fully saturated rings. The van der Waals surface area contributed by atoms with E-state index in [1.54, 1.807) is 20.2 Å². The van der Waals surface area contributed by atoms with Crippen LogP contribution in [0.4, 0.5) is 0 Å². The average molecular weight is 382 g/mol. The Balaban J connectivity index is 1.65. The molecule has 1 aromatic heterocycles. The molecule has 0 aliphatic carbocycles. The summed E-state index contributed by atoms with van der Waals surface area (Å²) in [6.07, 6.45) is 3.90. The van der Waals surface area contributed by atoms with Gasteiger partial charge in [0, 0.05) is 19.7 Å². The fourth-order valence-electron chi connectivity index (χ4n) is 4.14. The van der Waals surface area contributed by atoms with Gasteiger partial charge in [-0.25, -0.2) is 0 Å². The zero-order valence-corrected chi connectivity index (χ0v) is 17.4. The van der Waals surface area contributed by atoms with Crippen molar-refractivity contribution in [3.05, 3.63) is 58.9 Å². The largest absolute Gasteiger partial charge is 0.496 e. The Kier molecular flexibility index (Phi) is 6.68. The van der Waals surface area contributed by atoms with Crippen molar-refractivity contribution >= 4 is 5.91 Å². The highest BCUT2D eigenvalue weighted by Crippen LogP contribution is 2.31. The standard InChI is InChI=1S/C23H31N3O2/c1-16-14-22(28-4)17(2)13-20(16)15-26-11-8-19(9-12-26)23(25-18(3)27)21-7-5-6-10-24-21/h5-7,10,13-14,19,23H,8-9,11-12,15H2,1-4H3,(H,25,27)/t23-/m0/s1. The monoisotopic (exact) mass is 381 g/mol. The maximum Gasteiger partial charge on any atom is 0.217 e. The second kappa shape index (κ2) is 9.20. The molecule has 1 atom stereocenters. The first-order valence-corrected chi connectivity index (χ1v) is 10.0. The molecule has 0 bridgehead atoms. The van der Waals surface area contributed by atoms with Crippen LogP contribution < -0.4 is 10.1 Å². The number of pyridine rings is 1. The van der Waals surface area contributed by atoms with Crippen LogP contribution in [0, 0.1) is 19.8 Å². The molecule has 2 heterocycles. The number of ether oxygens (including phenoxy) is 1. The Hall–Kier alpha value is -2.40. The number of methoxy groups -OCH3 is 1. The van der Waals surface area contributed by atoms with E-state index < -0.39 is 0 Å². The number of aromatic nitrogens is 1. The first-order valence-electron chi connectivity index (χ1n) is 10.0. The van der Waals surface area contributed by atoms with Crippen LogP contribution in [-0.4, -0.2) is 36.0 Å². The van der Waals surface area contributed by atoms with Crippen LogP contribution in [0.2, 0.25) is 0 Å². The number of aryl methyl sites for hydroxylation is 2. The fourth-order valence-corrected chi connectivity index (χ4v) is 4.14. The number of hydrogen-bond acceptors (Lipinski definition) is 4. The molecule has 0 saturated carbocycles. The van der Waals surface area contributed by atoms with Gasteiger partial charge in [0.1, 0.15) is 5.75 Å². The van der Waals surface area contributed by atoms with Gasteiger partial charge in [-0.2, -0.15) is 0 Å². The average Bonchev–Trinajstić information content (AvgIpc) is 2.70. The van der Waals surface area contributed by atoms with Gasteiger partial charge < -0.3 is 10.1 Å². The zero-order valence-electron chi connectivity index (χ0n) is 17.4. The summed E-state index contributed by atoms with van der Waals surface area (Å²) >= 11 is 0. The van der Waals surface area contributed by atoms with Crippen LogP contribution in [-0.2, 0) is 11.3 Å². The summed E-state index contributed by atoms with van der Waals surface area (Å²) in [5, 5.41) is 3.13. The first kappa shape index (κ1) is 20.3. The van der Waals surface area contributed by atoms with Gasteiger partial charge in [0.25, 0.3) is 0 Å². The zero-order chi connectivity index (χ0) is 20.1. The minimum Gasteiger partial charge on any atom is -0.496 e. The molecular formula is C23H31N3O2. The van der Waals surface area contributed by atoms with E-state index >= 15 is 0 Å². The van der Waals surface area contributed by atoms with E-state index in [2.05, 4.69) is 41.2 Å². The molecule has 1 aliphatic rings. The van der Waals surface area contributed by atoms with Gasteiger partial charge in [-0.3, -0.25) is 14.7 Å². The Morgan fingerprint density at radius 3 is 2.61 bits per heavy atom. The minimum atomic E-state index is -0.00850. The fraction of sp³-hybridized carbons (Fsp3) is 0.478. The summed E-state index contributed by atoms with van der Waals surface area (Å²) in [5.74, 6) is 1.37. The van der Waals surface area contributed by atoms with Gasteiger partial charge in [0.2, 0.25) is 5.91 Å². The molecule has 150 valence electrons. The van der Waals surface area contributed by atoms with Crippen molar-refractivity contribution in [1.82, 2.24) is 15.2 Å². The van der Waals surface area contributed by atoms with Crippen LogP contribution in [0.1, 0.15) is 48.2 Å². The van der Waals surface area contributed by atoms with Gasteiger partial charge in [0.05, 0.1) is 18.8 Å². The summed E-state index contributed by atoms with van der Waals surface area (Å²) < 4.78 is 5.43. The Bertz CT molecular complexity index is 799. The third-order valence-electron chi connectivity index (χ3n) is 5.72. The lowest BCUT2D eigenvalue weighted by Gasteiger charge is -2.36. The summed E-state index contributed by atoms with van der Waals surface area (Å²) in [4.78, 5) is 18.7. The molecular weight excluding hydrogens is 350 g/mol. The van der Waals surface area contributed by atoms with Crippen LogP contribution in [0.25, 0.3) is 0 Å². The van der Waals surface area contributed by atoms with Crippen molar-refractivity contribution in [2.75, 3.05) is 20.2 Å². The van der Waals surface area contributed by atoms with Gasteiger partial charge in [-0.1, -0.05) is 12.1 Å². The van der Waals surface area contributed by atoms with Gasteiger partial charge in [-0.05, 0) is 80.6 Å². The highest BCUT2D eigenvalue weighted by Gasteiger charge is 2.29. The third kappa shape index (κ3) is 4.90. The number of carbonyl (C=O) groups excluding carboxylic acids is 1. The van der Waals surface area contributed by atoms with Gasteiger partial charge >= 0.3 is 0 Å². The van der Waals surface area contributed by atoms with Crippen LogP contribution in [0.3, 0.4) is 0 Å². The number of carbonyl (C=O) groups is 1. The topological polar surface area (TPSA) is 54.5 Å². The van der Waals surface area contributed by atoms with Crippen molar-refractivity contribution in [1.29, 1.82) is 0 Å². The second-order valence-corrected chi connectivity index (χ2v) is 7.79. The van der Waals surface area contributed by atoms with Crippen molar-refractivity contribution in [3.8, 4) is 5.75 Å². The normalized spacial score (nSPS) is 16.6. The lowest BCUT2D eigenvalue weighted by Crippen LogP contribution is -2.40. The molecule has 1 N–H and O–H groups in total. The maximum absolute atomic E-state index is 11.7. The molecule has 5 heteroatoms. The summed E-state index contributed by atoms with van der Waals surface area (Å²) in [5.41, 5.74) is 4.77. The van der Waals surface area contributed by atoms with Crippen LogP contribution >= 0.6 is 0 Å². The number of piperidine rings is 1. The van der Waals surface area contributed by atoms with E-state index in [1.165, 1.54) is 16.7 Å². The number of nitrogens with one attached hydrogen (secondary N) is 1. The molecule has 1 amide bonds. The first-order chi connectivity index (χ1) is 13.5. The number of amides is 1. The number of rotatable bonds is 6. The smallest absolute Gasteiger partial charge is 0.217 e. The molecule has 0 spiro atoms. The van der Waals surface area contributed by atoms with E-state index in [1.807, 2.05) is 18.2 Å². The van der Waals surface area contributed by atoms with E-state index in [0.717, 1.165) is 43.9 Å². The van der Waals surface area contributed by atoms with Crippen LogP contribution in [0.5, 0.6) is 5.75 Å². The van der Waals surface area contributed by atoms with E-state index in [4.69, 9.17) is 4.74 Å². The molecule has 0 unspecified atom stereocenters. The molecule has 5 nitrogen and oxygen atoms in total. The maximum atomic E-state index is 11.7. The molecule has 1 saturated heterocycles. The predicted octanol–water partition coefficient (Wildman–Crippen LogP) is 3.80. The number of hydrogen-bond donors (Lipinski definition) is 1. The van der Waals surface area contributed by atoms with Crippen molar-refractivity contribution in [2.24, 2.45) is 5.92 Å². The van der Waals surface area contributed by atoms with E-state index in [9.17, 15) is 4.79 Å². The predicted molar refractivity (Wildman–Crippen MR) is 111 cm³/mol. The molecule has 3 rings (SSSR count). The van der Waals surface area contributed by atoms with Crippen molar-refractivity contribution in [2.45, 2.75) is 46.2 Å². The Morgan fingerprint density at radius 1 is 1.25 bits per heavy atom. The van der Waals surface area contributed by atoms with E-state index in [-0.39, 0.29) is 11.9 Å². The molecule has 2 aromatic rings. The number of nitrogens with zero attached hydrogens (tertiary/aromatic N) is 2. The van der Waals surface area contributed by atoms with E-state index in [0.29, 0.717) is 5.92 Å². The van der Waals surface area contributed by atoms with Gasteiger partial charge in [0.15, 0.2) is 0 Å². The lowest BCUT2D eigenvalue weighted by molar-refractivity contribution is -0.120. The van der Waals surface area contributed by atoms with Gasteiger partial charge in [-0.15, -0.1) is 0 Å². The molecule has 1 aromatic carbocycles. The summed E-state index contributed by atoms with van der Waals surface area (Å²) in [6.45, 7) is 8.84. The Morgan fingerprint density at radius 2 is 2.00 bits per heavy atom. The second-order valence-electron chi connectivity index (χ2n) is 7.79. The third-order valence-corrected chi connectivity index (χ3v) is 5.72. The molecule has 0 radical (unpaired) electrons. The minimum absolute atomic E-state index is 0.00224.